The van der Waals surface area contributed by atoms with E-state index in [1.54, 1.807) is 12.1 Å². The van der Waals surface area contributed by atoms with Crippen molar-refractivity contribution in [2.75, 3.05) is 12.3 Å². The Morgan fingerprint density at radius 2 is 1.77 bits per heavy atom. The van der Waals surface area contributed by atoms with E-state index < -0.39 is 0 Å². The predicted molar refractivity (Wildman–Crippen MR) is 88.2 cm³/mol. The maximum Gasteiger partial charge on any atom is 0.239 e. The molecular formula is C16H23FN2O2S. The smallest absolute Gasteiger partial charge is 0.239 e. The maximum atomic E-state index is 12.8. The van der Waals surface area contributed by atoms with E-state index >= 15 is 0 Å². The predicted octanol–water partition coefficient (Wildman–Crippen LogP) is 2.65. The lowest BCUT2D eigenvalue weighted by Gasteiger charge is -2.17. The van der Waals surface area contributed by atoms with Crippen molar-refractivity contribution in [1.82, 2.24) is 10.6 Å². The molecule has 22 heavy (non-hydrogen) atoms. The van der Waals surface area contributed by atoms with Gasteiger partial charge < -0.3 is 10.6 Å². The molecule has 0 aliphatic carbocycles. The number of benzene rings is 1. The Bertz CT molecular complexity index is 512. The molecule has 0 aliphatic heterocycles. The van der Waals surface area contributed by atoms with Crippen LogP contribution in [0.1, 0.15) is 39.3 Å². The molecule has 1 rings (SSSR count). The molecule has 0 radical (unpaired) electrons. The van der Waals surface area contributed by atoms with E-state index in [1.165, 1.54) is 23.9 Å². The van der Waals surface area contributed by atoms with Gasteiger partial charge in [-0.25, -0.2) is 4.39 Å². The first kappa shape index (κ1) is 18.5. The molecule has 0 spiro atoms. The molecule has 0 saturated carbocycles. The summed E-state index contributed by atoms with van der Waals surface area (Å²) in [7, 11) is 0. The van der Waals surface area contributed by atoms with Gasteiger partial charge in [0.1, 0.15) is 5.82 Å². The number of rotatable bonds is 6. The third kappa shape index (κ3) is 7.45. The van der Waals surface area contributed by atoms with E-state index in [-0.39, 0.29) is 35.0 Å². The molecule has 2 amide bonds. The number of carbonyl (C=O) groups excluding carboxylic acids is 2. The Labute approximate surface area is 135 Å². The Hall–Kier alpha value is -1.56. The van der Waals surface area contributed by atoms with Crippen LogP contribution in [0.15, 0.2) is 24.3 Å². The van der Waals surface area contributed by atoms with Gasteiger partial charge in [0.2, 0.25) is 11.8 Å². The van der Waals surface area contributed by atoms with Crippen LogP contribution in [-0.4, -0.2) is 28.9 Å². The van der Waals surface area contributed by atoms with E-state index in [1.807, 2.05) is 27.7 Å². The van der Waals surface area contributed by atoms with Gasteiger partial charge in [-0.3, -0.25) is 9.59 Å². The van der Waals surface area contributed by atoms with Crippen molar-refractivity contribution >= 4 is 23.6 Å². The van der Waals surface area contributed by atoms with Crippen LogP contribution in [0.2, 0.25) is 0 Å². The summed E-state index contributed by atoms with van der Waals surface area (Å²) in [6.45, 7) is 7.84. The molecule has 4 nitrogen and oxygen atoms in total. The lowest BCUT2D eigenvalue weighted by molar-refractivity contribution is -0.125. The van der Waals surface area contributed by atoms with Gasteiger partial charge in [0.25, 0.3) is 0 Å². The SMILES string of the molecule is C[C@@H](NC(=O)CNC(=O)CSC(C)(C)C)c1ccc(F)cc1. The molecule has 0 saturated heterocycles. The molecule has 1 aromatic carbocycles. The van der Waals surface area contributed by atoms with Gasteiger partial charge in [-0.15, -0.1) is 11.8 Å². The number of carbonyl (C=O) groups is 2. The van der Waals surface area contributed by atoms with Gasteiger partial charge in [0.05, 0.1) is 18.3 Å². The van der Waals surface area contributed by atoms with E-state index in [0.29, 0.717) is 5.75 Å². The zero-order chi connectivity index (χ0) is 16.8. The molecule has 0 fully saturated rings. The summed E-state index contributed by atoms with van der Waals surface area (Å²) in [6, 6.07) is 5.71. The van der Waals surface area contributed by atoms with Crippen LogP contribution >= 0.6 is 11.8 Å². The minimum Gasteiger partial charge on any atom is -0.348 e. The lowest BCUT2D eigenvalue weighted by Crippen LogP contribution is -2.39. The zero-order valence-electron chi connectivity index (χ0n) is 13.4. The number of halogens is 1. The summed E-state index contributed by atoms with van der Waals surface area (Å²) in [5, 5.41) is 5.35. The number of amides is 2. The van der Waals surface area contributed by atoms with Crippen LogP contribution < -0.4 is 10.6 Å². The second-order valence-corrected chi connectivity index (χ2v) is 7.82. The molecule has 0 heterocycles. The van der Waals surface area contributed by atoms with Gasteiger partial charge in [0.15, 0.2) is 0 Å². The molecule has 0 unspecified atom stereocenters. The quantitative estimate of drug-likeness (QED) is 0.845. The van der Waals surface area contributed by atoms with Crippen LogP contribution in [0.4, 0.5) is 4.39 Å². The van der Waals surface area contributed by atoms with E-state index in [0.717, 1.165) is 5.56 Å². The molecule has 0 aromatic heterocycles. The van der Waals surface area contributed by atoms with Crippen molar-refractivity contribution in [1.29, 1.82) is 0 Å². The van der Waals surface area contributed by atoms with E-state index in [9.17, 15) is 14.0 Å². The van der Waals surface area contributed by atoms with Crippen LogP contribution in [0, 0.1) is 5.82 Å². The van der Waals surface area contributed by atoms with Crippen LogP contribution in [0.25, 0.3) is 0 Å². The van der Waals surface area contributed by atoms with Gasteiger partial charge >= 0.3 is 0 Å². The van der Waals surface area contributed by atoms with Crippen molar-refractivity contribution < 1.29 is 14.0 Å². The molecule has 1 aromatic rings. The highest BCUT2D eigenvalue weighted by Crippen LogP contribution is 2.22. The molecule has 0 aliphatic rings. The fourth-order valence-corrected chi connectivity index (χ4v) is 2.31. The largest absolute Gasteiger partial charge is 0.348 e. The zero-order valence-corrected chi connectivity index (χ0v) is 14.2. The van der Waals surface area contributed by atoms with Crippen molar-refractivity contribution in [3.63, 3.8) is 0 Å². The van der Waals surface area contributed by atoms with Gasteiger partial charge in [-0.2, -0.15) is 0 Å². The molecule has 6 heteroatoms. The van der Waals surface area contributed by atoms with Crippen molar-refractivity contribution in [2.45, 2.75) is 38.5 Å². The van der Waals surface area contributed by atoms with Crippen LogP contribution in [0.3, 0.4) is 0 Å². The Kier molecular flexibility index (Phi) is 6.87. The first-order valence-electron chi connectivity index (χ1n) is 7.13. The first-order chi connectivity index (χ1) is 10.2. The molecule has 122 valence electrons. The summed E-state index contributed by atoms with van der Waals surface area (Å²) in [4.78, 5) is 23.4. The van der Waals surface area contributed by atoms with Crippen molar-refractivity contribution in [2.24, 2.45) is 0 Å². The van der Waals surface area contributed by atoms with Crippen molar-refractivity contribution in [3.8, 4) is 0 Å². The minimum atomic E-state index is -0.314. The summed E-state index contributed by atoms with van der Waals surface area (Å²) in [5.41, 5.74) is 0.810. The normalized spacial score (nSPS) is 12.6. The average Bonchev–Trinajstić information content (AvgIpc) is 2.42. The van der Waals surface area contributed by atoms with Crippen LogP contribution in [-0.2, 0) is 9.59 Å². The average molecular weight is 326 g/mol. The second-order valence-electron chi connectivity index (χ2n) is 6.02. The third-order valence-corrected chi connectivity index (χ3v) is 4.10. The van der Waals surface area contributed by atoms with Gasteiger partial charge in [-0.1, -0.05) is 32.9 Å². The molecule has 1 atom stereocenters. The highest BCUT2D eigenvalue weighted by molar-refractivity contribution is 8.01. The summed E-state index contributed by atoms with van der Waals surface area (Å²) >= 11 is 1.53. The lowest BCUT2D eigenvalue weighted by atomic mass is 10.1. The highest BCUT2D eigenvalue weighted by atomic mass is 32.2. The number of hydrogen-bond acceptors (Lipinski definition) is 3. The minimum absolute atomic E-state index is 0.0106. The number of thioether (sulfide) groups is 1. The van der Waals surface area contributed by atoms with Crippen LogP contribution in [0.5, 0.6) is 0 Å². The summed E-state index contributed by atoms with van der Waals surface area (Å²) in [6.07, 6.45) is 0. The number of nitrogens with one attached hydrogen (secondary N) is 2. The van der Waals surface area contributed by atoms with E-state index in [4.69, 9.17) is 0 Å². The Balaban J connectivity index is 2.34. The Morgan fingerprint density at radius 3 is 2.32 bits per heavy atom. The number of hydrogen-bond donors (Lipinski definition) is 2. The first-order valence-corrected chi connectivity index (χ1v) is 8.11. The monoisotopic (exact) mass is 326 g/mol. The van der Waals surface area contributed by atoms with E-state index in [2.05, 4.69) is 10.6 Å². The van der Waals surface area contributed by atoms with Gasteiger partial charge in [0, 0.05) is 4.75 Å². The Morgan fingerprint density at radius 1 is 1.18 bits per heavy atom. The molecular weight excluding hydrogens is 303 g/mol. The fourth-order valence-electron chi connectivity index (χ4n) is 1.64. The summed E-state index contributed by atoms with van der Waals surface area (Å²) in [5.74, 6) is -0.425. The van der Waals surface area contributed by atoms with Crippen molar-refractivity contribution in [3.05, 3.63) is 35.6 Å². The van der Waals surface area contributed by atoms with Gasteiger partial charge in [-0.05, 0) is 24.6 Å². The molecule has 0 bridgehead atoms. The fraction of sp³-hybridized carbons (Fsp3) is 0.500. The molecule has 2 N–H and O–H groups in total. The summed E-state index contributed by atoms with van der Waals surface area (Å²) < 4.78 is 12.9. The highest BCUT2D eigenvalue weighted by Gasteiger charge is 2.14. The topological polar surface area (TPSA) is 58.2 Å². The maximum absolute atomic E-state index is 12.8. The standard InChI is InChI=1S/C16H23FN2O2S/c1-11(12-5-7-13(17)8-6-12)19-14(20)9-18-15(21)10-22-16(2,3)4/h5-8,11H,9-10H2,1-4H3,(H,18,21)(H,19,20)/t11-/m1/s1. The second kappa shape index (κ2) is 8.17. The third-order valence-electron chi connectivity index (χ3n) is 2.83.